The number of hydrogen-bond donors (Lipinski definition) is 2. The first-order valence-corrected chi connectivity index (χ1v) is 11.4. The lowest BCUT2D eigenvalue weighted by molar-refractivity contribution is -0.122. The van der Waals surface area contributed by atoms with E-state index in [1.165, 1.54) is 0 Å². The van der Waals surface area contributed by atoms with Crippen LogP contribution >= 0.6 is 0 Å². The maximum atomic E-state index is 13.5. The molecule has 1 aliphatic heterocycles. The molecule has 1 saturated carbocycles. The predicted molar refractivity (Wildman–Crippen MR) is 129 cm³/mol. The molecule has 33 heavy (non-hydrogen) atoms. The number of nitrogens with one attached hydrogen (secondary N) is 2. The normalized spacial score (nSPS) is 19.2. The number of anilines is 3. The van der Waals surface area contributed by atoms with E-state index in [-0.39, 0.29) is 24.5 Å². The van der Waals surface area contributed by atoms with E-state index in [4.69, 9.17) is 4.74 Å². The third-order valence-corrected chi connectivity index (χ3v) is 6.36. The first-order valence-electron chi connectivity index (χ1n) is 11.4. The Bertz CT molecular complexity index is 1150. The van der Waals surface area contributed by atoms with E-state index in [0.29, 0.717) is 12.2 Å². The highest BCUT2D eigenvalue weighted by Gasteiger charge is 2.39. The third-order valence-electron chi connectivity index (χ3n) is 6.36. The summed E-state index contributed by atoms with van der Waals surface area (Å²) in [5.74, 6) is 0.155. The highest BCUT2D eigenvalue weighted by atomic mass is 16.5. The number of fused-ring (bicyclic) bond motifs is 2. The van der Waals surface area contributed by atoms with E-state index in [2.05, 4.69) is 10.6 Å². The van der Waals surface area contributed by atoms with Crippen molar-refractivity contribution in [3.05, 3.63) is 90.0 Å². The number of para-hydroxylation sites is 2. The maximum Gasteiger partial charge on any atom is 0.411 e. The lowest BCUT2D eigenvalue weighted by Gasteiger charge is -2.25. The molecule has 0 spiro atoms. The van der Waals surface area contributed by atoms with Gasteiger partial charge in [-0.2, -0.15) is 0 Å². The van der Waals surface area contributed by atoms with E-state index in [1.807, 2.05) is 83.8 Å². The van der Waals surface area contributed by atoms with Gasteiger partial charge in [0, 0.05) is 11.7 Å². The van der Waals surface area contributed by atoms with Crippen molar-refractivity contribution in [1.82, 2.24) is 0 Å². The van der Waals surface area contributed by atoms with Crippen molar-refractivity contribution < 1.29 is 14.3 Å². The summed E-state index contributed by atoms with van der Waals surface area (Å²) >= 11 is 0. The van der Waals surface area contributed by atoms with Gasteiger partial charge in [-0.3, -0.25) is 10.1 Å². The molecule has 2 atom stereocenters. The number of rotatable bonds is 5. The highest BCUT2D eigenvalue weighted by molar-refractivity contribution is 6.00. The number of ether oxygens (including phenoxy) is 1. The largest absolute Gasteiger partial charge is 0.444 e. The molecule has 5 rings (SSSR count). The fourth-order valence-corrected chi connectivity index (χ4v) is 4.75. The van der Waals surface area contributed by atoms with Crippen molar-refractivity contribution in [2.24, 2.45) is 5.92 Å². The van der Waals surface area contributed by atoms with Gasteiger partial charge in [-0.25, -0.2) is 4.79 Å². The van der Waals surface area contributed by atoms with Gasteiger partial charge < -0.3 is 15.0 Å². The Balaban J connectivity index is 1.30. The summed E-state index contributed by atoms with van der Waals surface area (Å²) in [6.45, 7) is 0.649. The average Bonchev–Trinajstić information content (AvgIpc) is 3.27. The zero-order valence-electron chi connectivity index (χ0n) is 18.4. The molecule has 6 nitrogen and oxygen atoms in total. The van der Waals surface area contributed by atoms with Crippen molar-refractivity contribution in [2.75, 3.05) is 15.5 Å². The first kappa shape index (κ1) is 21.1. The second-order valence-corrected chi connectivity index (χ2v) is 8.62. The van der Waals surface area contributed by atoms with Gasteiger partial charge in [0.05, 0.1) is 23.8 Å². The topological polar surface area (TPSA) is 70.7 Å². The van der Waals surface area contributed by atoms with Crippen LogP contribution in [0, 0.1) is 5.92 Å². The van der Waals surface area contributed by atoms with Crippen LogP contribution in [-0.2, 0) is 22.7 Å². The molecule has 3 aromatic carbocycles. The molecule has 1 aliphatic carbocycles. The van der Waals surface area contributed by atoms with Crippen LogP contribution in [0.1, 0.15) is 30.4 Å². The van der Waals surface area contributed by atoms with Gasteiger partial charge in [-0.15, -0.1) is 0 Å². The van der Waals surface area contributed by atoms with E-state index in [0.717, 1.165) is 41.8 Å². The molecular weight excluding hydrogens is 414 g/mol. The van der Waals surface area contributed by atoms with Crippen molar-refractivity contribution >= 4 is 29.1 Å². The van der Waals surface area contributed by atoms with Gasteiger partial charge >= 0.3 is 6.09 Å². The van der Waals surface area contributed by atoms with E-state index in [9.17, 15) is 9.59 Å². The fourth-order valence-electron chi connectivity index (χ4n) is 4.75. The Hall–Kier alpha value is -3.80. The SMILES string of the molecule is O=C(Nc1cccc(CN2C(=O)[C@H]3CCC[C@H]3Nc3ccccc32)c1)OCc1ccccc1. The highest BCUT2D eigenvalue weighted by Crippen LogP contribution is 2.39. The molecule has 0 saturated heterocycles. The maximum absolute atomic E-state index is 13.5. The average molecular weight is 442 g/mol. The summed E-state index contributed by atoms with van der Waals surface area (Å²) in [5, 5.41) is 6.39. The van der Waals surface area contributed by atoms with E-state index < -0.39 is 6.09 Å². The van der Waals surface area contributed by atoms with E-state index in [1.54, 1.807) is 0 Å². The van der Waals surface area contributed by atoms with Crippen molar-refractivity contribution in [3.63, 3.8) is 0 Å². The van der Waals surface area contributed by atoms with Gasteiger partial charge in [-0.1, -0.05) is 61.0 Å². The molecule has 0 radical (unpaired) electrons. The third kappa shape index (κ3) is 4.70. The number of carbonyl (C=O) groups excluding carboxylic acids is 2. The van der Waals surface area contributed by atoms with Crippen molar-refractivity contribution in [2.45, 2.75) is 38.5 Å². The molecule has 1 fully saturated rings. The summed E-state index contributed by atoms with van der Waals surface area (Å²) in [5.41, 5.74) is 4.41. The molecule has 3 aromatic rings. The van der Waals surface area contributed by atoms with Crippen molar-refractivity contribution in [1.29, 1.82) is 0 Å². The zero-order valence-corrected chi connectivity index (χ0v) is 18.4. The lowest BCUT2D eigenvalue weighted by Crippen LogP contribution is -2.38. The summed E-state index contributed by atoms with van der Waals surface area (Å²) in [6.07, 6.45) is 2.48. The van der Waals surface area contributed by atoms with Crippen LogP contribution < -0.4 is 15.5 Å². The van der Waals surface area contributed by atoms with Crippen LogP contribution in [0.3, 0.4) is 0 Å². The standard InChI is InChI=1S/C27H27N3O3/c31-26-22-12-7-14-23(22)29-24-13-4-5-15-25(24)30(26)17-20-10-6-11-21(16-20)28-27(32)33-18-19-8-2-1-3-9-19/h1-6,8-11,13,15-16,22-23,29H,7,12,14,17-18H2,(H,28,32)/t22-,23+/m0/s1. The number of amides is 2. The molecular formula is C27H27N3O3. The summed E-state index contributed by atoms with van der Waals surface area (Å²) in [4.78, 5) is 27.6. The molecule has 1 heterocycles. The number of nitrogens with zero attached hydrogens (tertiary/aromatic N) is 1. The van der Waals surface area contributed by atoms with E-state index >= 15 is 0 Å². The van der Waals surface area contributed by atoms with Crippen LogP contribution in [-0.4, -0.2) is 18.0 Å². The number of hydrogen-bond acceptors (Lipinski definition) is 4. The summed E-state index contributed by atoms with van der Waals surface area (Å²) in [7, 11) is 0. The molecule has 2 aliphatic rings. The predicted octanol–water partition coefficient (Wildman–Crippen LogP) is 5.56. The van der Waals surface area contributed by atoms with Crippen LogP contribution in [0.25, 0.3) is 0 Å². The Kier molecular flexibility index (Phi) is 5.98. The molecule has 0 unspecified atom stereocenters. The van der Waals surface area contributed by atoms with Gasteiger partial charge in [0.15, 0.2) is 0 Å². The number of carbonyl (C=O) groups is 2. The minimum Gasteiger partial charge on any atom is -0.444 e. The molecule has 168 valence electrons. The van der Waals surface area contributed by atoms with Crippen LogP contribution in [0.4, 0.5) is 21.9 Å². The Morgan fingerprint density at radius 1 is 0.970 bits per heavy atom. The summed E-state index contributed by atoms with van der Waals surface area (Å²) < 4.78 is 5.33. The quantitative estimate of drug-likeness (QED) is 0.544. The molecule has 0 aromatic heterocycles. The van der Waals surface area contributed by atoms with Crippen LogP contribution in [0.2, 0.25) is 0 Å². The lowest BCUT2D eigenvalue weighted by atomic mass is 10.0. The minimum atomic E-state index is -0.509. The summed E-state index contributed by atoms with van der Waals surface area (Å²) in [6, 6.07) is 25.3. The molecule has 0 bridgehead atoms. The minimum absolute atomic E-state index is 0.00771. The first-order chi connectivity index (χ1) is 16.2. The van der Waals surface area contributed by atoms with Crippen molar-refractivity contribution in [3.8, 4) is 0 Å². The fraction of sp³-hybridized carbons (Fsp3) is 0.259. The number of benzene rings is 3. The second-order valence-electron chi connectivity index (χ2n) is 8.62. The zero-order chi connectivity index (χ0) is 22.6. The van der Waals surface area contributed by atoms with Crippen LogP contribution in [0.15, 0.2) is 78.9 Å². The van der Waals surface area contributed by atoms with Gasteiger partial charge in [0.2, 0.25) is 5.91 Å². The van der Waals surface area contributed by atoms with Crippen LogP contribution in [0.5, 0.6) is 0 Å². The van der Waals surface area contributed by atoms with Gasteiger partial charge in [0.25, 0.3) is 0 Å². The Labute approximate surface area is 193 Å². The molecule has 2 amide bonds. The molecule has 6 heteroatoms. The monoisotopic (exact) mass is 441 g/mol. The smallest absolute Gasteiger partial charge is 0.411 e. The van der Waals surface area contributed by atoms with Gasteiger partial charge in [-0.05, 0) is 48.2 Å². The Morgan fingerprint density at radius 2 is 1.76 bits per heavy atom. The van der Waals surface area contributed by atoms with Gasteiger partial charge in [0.1, 0.15) is 6.61 Å². The second kappa shape index (κ2) is 9.36. The molecule has 2 N–H and O–H groups in total. The Morgan fingerprint density at radius 3 is 2.64 bits per heavy atom.